The van der Waals surface area contributed by atoms with Crippen LogP contribution in [0.25, 0.3) is 11.0 Å². The number of likely N-dealkylation sites (tertiary alicyclic amines) is 1. The fraction of sp³-hybridized carbons (Fsp3) is 0.667. The van der Waals surface area contributed by atoms with Crippen molar-refractivity contribution in [3.8, 4) is 0 Å². The van der Waals surface area contributed by atoms with Gasteiger partial charge < -0.3 is 9.47 Å². The molecule has 4 nitrogen and oxygen atoms in total. The zero-order valence-electron chi connectivity index (χ0n) is 17.6. The lowest BCUT2D eigenvalue weighted by Gasteiger charge is -2.33. The Kier molecular flexibility index (Phi) is 6.03. The Morgan fingerprint density at radius 2 is 1.71 bits per heavy atom. The van der Waals surface area contributed by atoms with Gasteiger partial charge in [0.2, 0.25) is 5.91 Å². The van der Waals surface area contributed by atoms with Crippen molar-refractivity contribution < 1.29 is 4.79 Å². The van der Waals surface area contributed by atoms with Gasteiger partial charge in [0.25, 0.3) is 0 Å². The van der Waals surface area contributed by atoms with E-state index in [1.807, 2.05) is 6.33 Å². The molecule has 0 N–H and O–H groups in total. The Morgan fingerprint density at radius 1 is 1.00 bits per heavy atom. The first-order chi connectivity index (χ1) is 13.6. The molecule has 1 aromatic carbocycles. The van der Waals surface area contributed by atoms with Crippen molar-refractivity contribution in [2.24, 2.45) is 11.8 Å². The fourth-order valence-corrected chi connectivity index (χ4v) is 5.06. The smallest absolute Gasteiger partial charge is 0.222 e. The van der Waals surface area contributed by atoms with Gasteiger partial charge in [0.15, 0.2) is 0 Å². The molecular formula is C24H35N3O. The molecule has 1 saturated heterocycles. The van der Waals surface area contributed by atoms with Gasteiger partial charge >= 0.3 is 0 Å². The Labute approximate surface area is 169 Å². The number of carbonyl (C=O) groups excluding carboxylic acids is 1. The van der Waals surface area contributed by atoms with Crippen molar-refractivity contribution in [1.29, 1.82) is 0 Å². The van der Waals surface area contributed by atoms with Crippen LogP contribution in [0.1, 0.15) is 68.9 Å². The van der Waals surface area contributed by atoms with Gasteiger partial charge in [0, 0.05) is 26.1 Å². The van der Waals surface area contributed by atoms with Crippen molar-refractivity contribution in [2.75, 3.05) is 13.1 Å². The lowest BCUT2D eigenvalue weighted by atomic mass is 9.86. The number of nitrogens with zero attached hydrogens (tertiary/aromatic N) is 3. The predicted octanol–water partition coefficient (Wildman–Crippen LogP) is 5.25. The number of aryl methyl sites for hydroxylation is 2. The van der Waals surface area contributed by atoms with Gasteiger partial charge in [-0.15, -0.1) is 0 Å². The standard InChI is InChI=1S/C24H35N3O/c1-18-14-22-23(15-19(18)2)27(17-25-22)16-21-10-12-26(13-11-21)24(28)9-8-20-6-4-3-5-7-20/h14-15,17,20-21H,3-13,16H2,1-2H3. The highest BCUT2D eigenvalue weighted by atomic mass is 16.2. The molecule has 0 bridgehead atoms. The van der Waals surface area contributed by atoms with Crippen molar-refractivity contribution in [3.05, 3.63) is 29.6 Å². The van der Waals surface area contributed by atoms with E-state index in [0.717, 1.165) is 56.8 Å². The van der Waals surface area contributed by atoms with Gasteiger partial charge in [-0.05, 0) is 68.2 Å². The molecule has 2 aliphatic rings. The van der Waals surface area contributed by atoms with Crippen molar-refractivity contribution >= 4 is 16.9 Å². The topological polar surface area (TPSA) is 38.1 Å². The number of amides is 1. The monoisotopic (exact) mass is 381 g/mol. The van der Waals surface area contributed by atoms with Crippen LogP contribution < -0.4 is 0 Å². The number of hydrogen-bond donors (Lipinski definition) is 0. The summed E-state index contributed by atoms with van der Waals surface area (Å²) in [5.74, 6) is 1.83. The minimum atomic E-state index is 0.392. The van der Waals surface area contributed by atoms with Crippen LogP contribution in [-0.4, -0.2) is 33.4 Å². The van der Waals surface area contributed by atoms with Gasteiger partial charge in [-0.2, -0.15) is 0 Å². The summed E-state index contributed by atoms with van der Waals surface area (Å²) in [6, 6.07) is 4.45. The first-order valence-corrected chi connectivity index (χ1v) is 11.3. The average Bonchev–Trinajstić information content (AvgIpc) is 3.09. The van der Waals surface area contributed by atoms with E-state index in [1.165, 1.54) is 48.7 Å². The molecule has 1 amide bonds. The highest BCUT2D eigenvalue weighted by molar-refractivity contribution is 5.77. The largest absolute Gasteiger partial charge is 0.343 e. The highest BCUT2D eigenvalue weighted by Crippen LogP contribution is 2.28. The van der Waals surface area contributed by atoms with Crippen LogP contribution in [-0.2, 0) is 11.3 Å². The van der Waals surface area contributed by atoms with Crippen molar-refractivity contribution in [3.63, 3.8) is 0 Å². The van der Waals surface area contributed by atoms with Gasteiger partial charge in [-0.1, -0.05) is 32.1 Å². The third-order valence-electron chi connectivity index (χ3n) is 7.15. The van der Waals surface area contributed by atoms with E-state index in [1.54, 1.807) is 0 Å². The number of rotatable bonds is 5. The Morgan fingerprint density at radius 3 is 2.46 bits per heavy atom. The molecule has 0 unspecified atom stereocenters. The number of benzene rings is 1. The Hall–Kier alpha value is -1.84. The first-order valence-electron chi connectivity index (χ1n) is 11.3. The highest BCUT2D eigenvalue weighted by Gasteiger charge is 2.24. The summed E-state index contributed by atoms with van der Waals surface area (Å²) in [4.78, 5) is 19.3. The molecule has 1 aromatic heterocycles. The number of fused-ring (bicyclic) bond motifs is 1. The number of imidazole rings is 1. The fourth-order valence-electron chi connectivity index (χ4n) is 5.06. The van der Waals surface area contributed by atoms with Crippen molar-refractivity contribution in [2.45, 2.75) is 78.2 Å². The van der Waals surface area contributed by atoms with E-state index in [4.69, 9.17) is 0 Å². The average molecular weight is 382 g/mol. The van der Waals surface area contributed by atoms with Crippen molar-refractivity contribution in [1.82, 2.24) is 14.5 Å². The summed E-state index contributed by atoms with van der Waals surface area (Å²) in [6.07, 6.45) is 12.9. The number of hydrogen-bond acceptors (Lipinski definition) is 2. The molecule has 2 fully saturated rings. The second-order valence-electron chi connectivity index (χ2n) is 9.19. The maximum atomic E-state index is 12.6. The summed E-state index contributed by atoms with van der Waals surface area (Å²) in [5, 5.41) is 0. The summed E-state index contributed by atoms with van der Waals surface area (Å²) in [7, 11) is 0. The molecule has 4 heteroatoms. The van der Waals surface area contributed by atoms with E-state index < -0.39 is 0 Å². The molecule has 0 radical (unpaired) electrons. The van der Waals surface area contributed by atoms with E-state index in [-0.39, 0.29) is 0 Å². The third kappa shape index (κ3) is 4.42. The summed E-state index contributed by atoms with van der Waals surface area (Å²) in [6.45, 7) is 7.19. The van der Waals surface area contributed by atoms with Gasteiger partial charge in [0.05, 0.1) is 17.4 Å². The van der Waals surface area contributed by atoms with Gasteiger partial charge in [-0.25, -0.2) is 4.98 Å². The Balaban J connectivity index is 1.27. The number of aromatic nitrogens is 2. The lowest BCUT2D eigenvalue weighted by molar-refractivity contribution is -0.133. The zero-order chi connectivity index (χ0) is 19.5. The molecule has 152 valence electrons. The van der Waals surface area contributed by atoms with Gasteiger partial charge in [-0.3, -0.25) is 4.79 Å². The van der Waals surface area contributed by atoms with E-state index in [9.17, 15) is 4.79 Å². The molecule has 0 atom stereocenters. The Bertz CT molecular complexity index is 811. The minimum absolute atomic E-state index is 0.392. The molecule has 1 aliphatic heterocycles. The SMILES string of the molecule is Cc1cc2ncn(CC3CCN(C(=O)CCC4CCCCC4)CC3)c2cc1C. The molecular weight excluding hydrogens is 346 g/mol. The van der Waals surface area contributed by atoms with Crippen LogP contribution in [0.2, 0.25) is 0 Å². The van der Waals surface area contributed by atoms with E-state index >= 15 is 0 Å². The van der Waals surface area contributed by atoms with Crippen LogP contribution in [0, 0.1) is 25.7 Å². The maximum Gasteiger partial charge on any atom is 0.222 e. The molecule has 2 aromatic rings. The second-order valence-corrected chi connectivity index (χ2v) is 9.19. The lowest BCUT2D eigenvalue weighted by Crippen LogP contribution is -2.39. The van der Waals surface area contributed by atoms with Crippen LogP contribution >= 0.6 is 0 Å². The molecule has 4 rings (SSSR count). The van der Waals surface area contributed by atoms with Gasteiger partial charge in [0.1, 0.15) is 0 Å². The van der Waals surface area contributed by atoms with Crippen LogP contribution in [0.5, 0.6) is 0 Å². The van der Waals surface area contributed by atoms with Crippen LogP contribution in [0.3, 0.4) is 0 Å². The molecule has 2 heterocycles. The minimum Gasteiger partial charge on any atom is -0.343 e. The predicted molar refractivity (Wildman–Crippen MR) is 114 cm³/mol. The molecule has 1 aliphatic carbocycles. The summed E-state index contributed by atoms with van der Waals surface area (Å²) in [5.41, 5.74) is 4.97. The number of piperidine rings is 1. The van der Waals surface area contributed by atoms with Crippen LogP contribution in [0.4, 0.5) is 0 Å². The normalized spacial score (nSPS) is 19.4. The molecule has 0 spiro atoms. The van der Waals surface area contributed by atoms with E-state index in [2.05, 4.69) is 40.4 Å². The van der Waals surface area contributed by atoms with E-state index in [0.29, 0.717) is 11.8 Å². The molecule has 1 saturated carbocycles. The number of carbonyl (C=O) groups is 1. The third-order valence-corrected chi connectivity index (χ3v) is 7.15. The first kappa shape index (κ1) is 19.5. The maximum absolute atomic E-state index is 12.6. The zero-order valence-corrected chi connectivity index (χ0v) is 17.6. The summed E-state index contributed by atoms with van der Waals surface area (Å²) < 4.78 is 2.31. The second kappa shape index (κ2) is 8.67. The quantitative estimate of drug-likeness (QED) is 0.709. The summed E-state index contributed by atoms with van der Waals surface area (Å²) >= 11 is 0. The molecule has 28 heavy (non-hydrogen) atoms. The van der Waals surface area contributed by atoms with Crippen LogP contribution in [0.15, 0.2) is 18.5 Å².